The van der Waals surface area contributed by atoms with E-state index in [9.17, 15) is 4.79 Å². The number of carbonyl (C=O) groups is 1. The van der Waals surface area contributed by atoms with Crippen molar-refractivity contribution in [2.75, 3.05) is 17.2 Å². The Bertz CT molecular complexity index is 819. The van der Waals surface area contributed by atoms with Crippen LogP contribution in [0.4, 0.5) is 17.1 Å². The second kappa shape index (κ2) is 8.22. The highest BCUT2D eigenvalue weighted by Crippen LogP contribution is 2.19. The lowest BCUT2D eigenvalue weighted by Gasteiger charge is -2.09. The largest absolute Gasteiger partial charge is 0.484 e. The lowest BCUT2D eigenvalue weighted by Crippen LogP contribution is -2.20. The molecule has 0 aliphatic carbocycles. The molecule has 25 heavy (non-hydrogen) atoms. The first-order valence-electron chi connectivity index (χ1n) is 7.79. The van der Waals surface area contributed by atoms with Crippen LogP contribution in [0.2, 0.25) is 5.02 Å². The summed E-state index contributed by atoms with van der Waals surface area (Å²) in [4.78, 5) is 12.0. The van der Waals surface area contributed by atoms with E-state index >= 15 is 0 Å². The molecule has 0 aromatic heterocycles. The number of rotatable bonds is 6. The number of amides is 1. The zero-order chi connectivity index (χ0) is 17.5. The molecule has 0 unspecified atom stereocenters. The molecule has 0 aliphatic rings. The van der Waals surface area contributed by atoms with E-state index in [0.717, 1.165) is 11.4 Å². The average Bonchev–Trinajstić information content (AvgIpc) is 2.64. The quantitative estimate of drug-likeness (QED) is 0.648. The highest BCUT2D eigenvalue weighted by molar-refractivity contribution is 6.30. The van der Waals surface area contributed by atoms with Gasteiger partial charge in [0.2, 0.25) is 0 Å². The fraction of sp³-hybridized carbons (Fsp3) is 0.0500. The minimum atomic E-state index is -0.223. The number of hydrogen-bond acceptors (Lipinski definition) is 3. The molecule has 0 radical (unpaired) electrons. The topological polar surface area (TPSA) is 50.4 Å². The number of ether oxygens (including phenoxy) is 1. The van der Waals surface area contributed by atoms with Gasteiger partial charge in [-0.05, 0) is 60.7 Å². The van der Waals surface area contributed by atoms with Crippen LogP contribution in [-0.4, -0.2) is 12.5 Å². The Kier molecular flexibility index (Phi) is 5.54. The van der Waals surface area contributed by atoms with Gasteiger partial charge in [0, 0.05) is 22.1 Å². The Morgan fingerprint density at radius 1 is 0.800 bits per heavy atom. The zero-order valence-corrected chi connectivity index (χ0v) is 14.2. The highest BCUT2D eigenvalue weighted by atomic mass is 35.5. The molecule has 4 nitrogen and oxygen atoms in total. The van der Waals surface area contributed by atoms with Gasteiger partial charge in [0.05, 0.1) is 0 Å². The Labute approximate surface area is 151 Å². The third-order valence-corrected chi connectivity index (χ3v) is 3.67. The van der Waals surface area contributed by atoms with Crippen LogP contribution in [0.25, 0.3) is 0 Å². The van der Waals surface area contributed by atoms with Crippen LogP contribution >= 0.6 is 11.6 Å². The van der Waals surface area contributed by atoms with Crippen molar-refractivity contribution in [2.24, 2.45) is 0 Å². The third kappa shape index (κ3) is 5.26. The first-order valence-corrected chi connectivity index (χ1v) is 8.17. The fourth-order valence-corrected chi connectivity index (χ4v) is 2.33. The Balaban J connectivity index is 1.50. The SMILES string of the molecule is O=C(COc1ccc(Cl)cc1)Nc1ccc(Nc2ccccc2)cc1. The molecule has 0 aliphatic heterocycles. The van der Waals surface area contributed by atoms with Crippen LogP contribution in [0.15, 0.2) is 78.9 Å². The number of halogens is 1. The summed E-state index contributed by atoms with van der Waals surface area (Å²) in [6.07, 6.45) is 0. The van der Waals surface area contributed by atoms with Gasteiger partial charge >= 0.3 is 0 Å². The predicted molar refractivity (Wildman–Crippen MR) is 102 cm³/mol. The van der Waals surface area contributed by atoms with Gasteiger partial charge in [0.25, 0.3) is 5.91 Å². The standard InChI is InChI=1S/C20H17ClN2O2/c21-15-6-12-19(13-7-15)25-14-20(24)23-18-10-8-17(9-11-18)22-16-4-2-1-3-5-16/h1-13,22H,14H2,(H,23,24). The summed E-state index contributed by atoms with van der Waals surface area (Å²) >= 11 is 5.81. The molecule has 0 spiro atoms. The lowest BCUT2D eigenvalue weighted by molar-refractivity contribution is -0.118. The molecule has 0 saturated carbocycles. The average molecular weight is 353 g/mol. The maximum Gasteiger partial charge on any atom is 0.262 e. The molecule has 3 aromatic carbocycles. The highest BCUT2D eigenvalue weighted by Gasteiger charge is 2.04. The summed E-state index contributed by atoms with van der Waals surface area (Å²) in [6, 6.07) is 24.3. The van der Waals surface area contributed by atoms with Gasteiger partial charge in [0.1, 0.15) is 5.75 Å². The summed E-state index contributed by atoms with van der Waals surface area (Å²) in [5.41, 5.74) is 2.67. The second-order valence-electron chi connectivity index (χ2n) is 5.36. The molecule has 0 fully saturated rings. The molecule has 1 amide bonds. The zero-order valence-electron chi connectivity index (χ0n) is 13.4. The van der Waals surface area contributed by atoms with Crippen molar-refractivity contribution in [2.45, 2.75) is 0 Å². The van der Waals surface area contributed by atoms with E-state index in [-0.39, 0.29) is 12.5 Å². The number of anilines is 3. The van der Waals surface area contributed by atoms with E-state index in [1.165, 1.54) is 0 Å². The molecule has 3 aromatic rings. The predicted octanol–water partition coefficient (Wildman–Crippen LogP) is 5.10. The van der Waals surface area contributed by atoms with Gasteiger partial charge in [0.15, 0.2) is 6.61 Å². The van der Waals surface area contributed by atoms with E-state index in [1.54, 1.807) is 24.3 Å². The maximum absolute atomic E-state index is 12.0. The van der Waals surface area contributed by atoms with E-state index in [2.05, 4.69) is 10.6 Å². The van der Waals surface area contributed by atoms with Gasteiger partial charge in [-0.2, -0.15) is 0 Å². The van der Waals surface area contributed by atoms with Crippen LogP contribution in [0, 0.1) is 0 Å². The Morgan fingerprint density at radius 3 is 2.08 bits per heavy atom. The summed E-state index contributed by atoms with van der Waals surface area (Å²) in [5.74, 6) is 0.376. The van der Waals surface area contributed by atoms with Crippen LogP contribution in [0.3, 0.4) is 0 Å². The smallest absolute Gasteiger partial charge is 0.262 e. The molecule has 126 valence electrons. The van der Waals surface area contributed by atoms with E-state index < -0.39 is 0 Å². The number of hydrogen-bond donors (Lipinski definition) is 2. The summed E-state index contributed by atoms with van der Waals surface area (Å²) in [7, 11) is 0. The van der Waals surface area contributed by atoms with E-state index in [0.29, 0.717) is 16.5 Å². The molecule has 3 rings (SSSR count). The second-order valence-corrected chi connectivity index (χ2v) is 5.80. The molecule has 0 saturated heterocycles. The molecule has 2 N–H and O–H groups in total. The normalized spacial score (nSPS) is 10.1. The molecular formula is C20H17ClN2O2. The van der Waals surface area contributed by atoms with Crippen LogP contribution in [-0.2, 0) is 4.79 Å². The Hall–Kier alpha value is -2.98. The van der Waals surface area contributed by atoms with Gasteiger partial charge in [-0.15, -0.1) is 0 Å². The number of benzene rings is 3. The van der Waals surface area contributed by atoms with Crippen molar-refractivity contribution in [1.29, 1.82) is 0 Å². The Morgan fingerprint density at radius 2 is 1.40 bits per heavy atom. The number of para-hydroxylation sites is 1. The third-order valence-electron chi connectivity index (χ3n) is 3.41. The summed E-state index contributed by atoms with van der Waals surface area (Å²) in [6.45, 7) is -0.0638. The first-order chi connectivity index (χ1) is 12.2. The van der Waals surface area contributed by atoms with E-state index in [4.69, 9.17) is 16.3 Å². The van der Waals surface area contributed by atoms with Gasteiger partial charge < -0.3 is 15.4 Å². The minimum Gasteiger partial charge on any atom is -0.484 e. The summed E-state index contributed by atoms with van der Waals surface area (Å²) in [5, 5.41) is 6.71. The first kappa shape index (κ1) is 16.9. The van der Waals surface area contributed by atoms with Crippen molar-refractivity contribution in [3.8, 4) is 5.75 Å². The van der Waals surface area contributed by atoms with Crippen LogP contribution in [0.1, 0.15) is 0 Å². The van der Waals surface area contributed by atoms with Crippen molar-refractivity contribution in [3.05, 3.63) is 83.9 Å². The lowest BCUT2D eigenvalue weighted by atomic mass is 10.2. The minimum absolute atomic E-state index is 0.0638. The van der Waals surface area contributed by atoms with Crippen LogP contribution < -0.4 is 15.4 Å². The molecule has 0 bridgehead atoms. The monoisotopic (exact) mass is 352 g/mol. The molecular weight excluding hydrogens is 336 g/mol. The van der Waals surface area contributed by atoms with Crippen molar-refractivity contribution >= 4 is 34.6 Å². The number of carbonyl (C=O) groups excluding carboxylic acids is 1. The molecule has 0 atom stereocenters. The van der Waals surface area contributed by atoms with Crippen molar-refractivity contribution < 1.29 is 9.53 Å². The number of nitrogens with one attached hydrogen (secondary N) is 2. The summed E-state index contributed by atoms with van der Waals surface area (Å²) < 4.78 is 5.41. The van der Waals surface area contributed by atoms with E-state index in [1.807, 2.05) is 54.6 Å². The molecule has 0 heterocycles. The molecule has 5 heteroatoms. The van der Waals surface area contributed by atoms with Gasteiger partial charge in [-0.3, -0.25) is 4.79 Å². The van der Waals surface area contributed by atoms with Gasteiger partial charge in [-0.1, -0.05) is 29.8 Å². The fourth-order valence-electron chi connectivity index (χ4n) is 2.20. The van der Waals surface area contributed by atoms with Gasteiger partial charge in [-0.25, -0.2) is 0 Å². The van der Waals surface area contributed by atoms with Crippen molar-refractivity contribution in [3.63, 3.8) is 0 Å². The maximum atomic E-state index is 12.0. The van der Waals surface area contributed by atoms with Crippen LogP contribution in [0.5, 0.6) is 5.75 Å². The van der Waals surface area contributed by atoms with Crippen molar-refractivity contribution in [1.82, 2.24) is 0 Å².